The number of nitrogens with one attached hydrogen (secondary N) is 16. The molecule has 1 aliphatic rings. The number of para-hydroxylation sites is 2. The monoisotopic (exact) mass is 1820 g/mol. The van der Waals surface area contributed by atoms with Crippen molar-refractivity contribution in [2.45, 2.75) is 256 Å². The van der Waals surface area contributed by atoms with E-state index in [1.807, 2.05) is 0 Å². The Morgan fingerprint density at radius 3 is 1.24 bits per heavy atom. The van der Waals surface area contributed by atoms with Crippen molar-refractivity contribution in [3.8, 4) is 11.5 Å². The number of carboxylic acids is 2. The molecule has 131 heavy (non-hydrogen) atoms. The largest absolute Gasteiger partial charge is 0.508 e. The zero-order chi connectivity index (χ0) is 96.6. The second-order valence-corrected chi connectivity index (χ2v) is 35.0. The second-order valence-electron chi connectivity index (χ2n) is 35.0. The van der Waals surface area contributed by atoms with E-state index in [2.05, 4.69) is 79.1 Å². The van der Waals surface area contributed by atoms with Crippen LogP contribution in [0.15, 0.2) is 109 Å². The molecule has 13 amide bonds. The number of likely N-dealkylation sites (tertiary alicyclic amines) is 1. The Bertz CT molecular complexity index is 4940. The van der Waals surface area contributed by atoms with E-state index in [4.69, 9.17) is 22.6 Å². The third kappa shape index (κ3) is 32.7. The molecule has 0 unspecified atom stereocenters. The summed E-state index contributed by atoms with van der Waals surface area (Å²) in [5, 5.41) is 95.4. The number of hydrogen-bond donors (Lipinski definition) is 24. The molecule has 3 heterocycles. The summed E-state index contributed by atoms with van der Waals surface area (Å²) in [5.41, 5.74) is 20.6. The van der Waals surface area contributed by atoms with Gasteiger partial charge in [0.25, 0.3) is 0 Å². The summed E-state index contributed by atoms with van der Waals surface area (Å²) in [6.07, 6.45) is 0.0990. The van der Waals surface area contributed by atoms with Gasteiger partial charge >= 0.3 is 11.9 Å². The highest BCUT2D eigenvalue weighted by molar-refractivity contribution is 6.02. The number of carbonyl (C=O) groups is 15. The standard InChI is InChI=1S/C91H130N20O20/c1-47(2)37-65(80(120)99-64(24-17-35-96-91(94)95)79(119)109-75(50(7)8)90(130)131)103-84(124)70(42-55-45-97-61-21-13-11-19-59(55)61)105-81(121)66(38-48(3)4)102-78(118)63(23-15-16-34-92)100-88(128)76(52(10)112)110-86(126)67(39-49(5)6)107-87(127)73-25-18-36-111(73)89(129)72(44-74(115)116)108-83(123)69(41-54-28-32-58(114)33-29-54)104-85(125)71(43-56-46-98-62-22-14-12-20-60(56)62)106-82(122)68(101-77(117)51(9)93)40-53-26-30-57(113)31-27-53/h11-14,19-22,26-33,45-52,63-73,75-76,97-98,112-114H,15-18,23-25,34-44,92-93H2,1-10H3,(H,99,120)(H,100,128)(H,101,117)(H,102,118)(H,103,124)(H,104,125)(H,105,121)(H,106,122)(H,107,127)(H,108,123)(H,109,119)(H,110,126)(H,115,116)(H,130,131)(H4,94,95,96)/t51-,52+,63-,64-,65-,66-,67-,68-,69-,70-,71-,72-,73-,75-,76-/m0/s1. The summed E-state index contributed by atoms with van der Waals surface area (Å²) < 4.78 is 0. The number of unbranched alkanes of at least 4 members (excludes halogenated alkanes) is 1. The van der Waals surface area contributed by atoms with Crippen LogP contribution in [0.3, 0.4) is 0 Å². The number of nitrogens with zero attached hydrogens (tertiary/aromatic N) is 1. The molecular formula is C91H130N20O20. The lowest BCUT2D eigenvalue weighted by atomic mass is 9.98. The number of amides is 13. The minimum absolute atomic E-state index is 0.00275. The molecule has 7 rings (SSSR count). The molecule has 1 fully saturated rings. The van der Waals surface area contributed by atoms with Gasteiger partial charge < -0.3 is 127 Å². The van der Waals surface area contributed by atoms with E-state index in [9.17, 15) is 73.5 Å². The third-order valence-corrected chi connectivity index (χ3v) is 22.2. The average molecular weight is 1820 g/mol. The van der Waals surface area contributed by atoms with Gasteiger partial charge in [0, 0.05) is 73.0 Å². The fraction of sp³-hybridized carbons (Fsp3) is 0.516. The second kappa shape index (κ2) is 50.6. The summed E-state index contributed by atoms with van der Waals surface area (Å²) in [6.45, 7) is 16.4. The topological polar surface area (TPSA) is 650 Å². The first-order valence-corrected chi connectivity index (χ1v) is 44.3. The van der Waals surface area contributed by atoms with Crippen LogP contribution < -0.4 is 86.3 Å². The number of carboxylic acid groups (broad SMARTS) is 2. The van der Waals surface area contributed by atoms with Crippen LogP contribution in [0.4, 0.5) is 0 Å². The first kappa shape index (κ1) is 105. The number of aromatic nitrogens is 2. The highest BCUT2D eigenvalue weighted by Crippen LogP contribution is 2.26. The number of fused-ring (bicyclic) bond motifs is 2. The maximum Gasteiger partial charge on any atom is 0.326 e. The summed E-state index contributed by atoms with van der Waals surface area (Å²) in [5.74, 6) is -17.0. The quantitative estimate of drug-likeness (QED) is 0.0141. The Morgan fingerprint density at radius 2 is 0.824 bits per heavy atom. The number of aliphatic hydroxyl groups is 1. The molecule has 4 aromatic carbocycles. The molecule has 15 atom stereocenters. The fourth-order valence-corrected chi connectivity index (χ4v) is 15.3. The highest BCUT2D eigenvalue weighted by Gasteiger charge is 2.43. The van der Waals surface area contributed by atoms with Gasteiger partial charge in [0.1, 0.15) is 90.0 Å². The fourth-order valence-electron chi connectivity index (χ4n) is 15.3. The van der Waals surface area contributed by atoms with Crippen LogP contribution in [0.1, 0.15) is 162 Å². The summed E-state index contributed by atoms with van der Waals surface area (Å²) in [4.78, 5) is 223. The van der Waals surface area contributed by atoms with E-state index in [1.165, 1.54) is 62.4 Å². The first-order valence-electron chi connectivity index (χ1n) is 44.3. The van der Waals surface area contributed by atoms with Crippen molar-refractivity contribution in [3.63, 3.8) is 0 Å². The van der Waals surface area contributed by atoms with Crippen LogP contribution in [0, 0.1) is 29.1 Å². The number of hydrogen-bond acceptors (Lipinski definition) is 21. The van der Waals surface area contributed by atoms with Gasteiger partial charge in [0.15, 0.2) is 5.96 Å². The summed E-state index contributed by atoms with van der Waals surface area (Å²) >= 11 is 0. The summed E-state index contributed by atoms with van der Waals surface area (Å²) in [6, 6.07) is 4.72. The number of nitrogens with two attached hydrogens (primary N) is 3. The van der Waals surface area contributed by atoms with E-state index in [-0.39, 0.29) is 138 Å². The smallest absolute Gasteiger partial charge is 0.326 e. The van der Waals surface area contributed by atoms with Gasteiger partial charge in [-0.15, -0.1) is 0 Å². The van der Waals surface area contributed by atoms with E-state index in [0.29, 0.717) is 50.5 Å². The van der Waals surface area contributed by atoms with Crippen molar-refractivity contribution in [2.24, 2.45) is 40.9 Å². The average Bonchev–Trinajstić information content (AvgIpc) is 1.74. The third-order valence-electron chi connectivity index (χ3n) is 22.2. The van der Waals surface area contributed by atoms with Crippen LogP contribution in [-0.4, -0.2) is 245 Å². The predicted molar refractivity (Wildman–Crippen MR) is 486 cm³/mol. The van der Waals surface area contributed by atoms with Gasteiger partial charge in [-0.1, -0.05) is 116 Å². The van der Waals surface area contributed by atoms with E-state index >= 15 is 24.0 Å². The van der Waals surface area contributed by atoms with Crippen LogP contribution in [0.25, 0.3) is 21.8 Å². The number of H-pyrrole nitrogens is 2. The zero-order valence-corrected chi connectivity index (χ0v) is 75.6. The van der Waals surface area contributed by atoms with E-state index in [1.54, 1.807) is 116 Å². The van der Waals surface area contributed by atoms with Crippen molar-refractivity contribution >= 4 is 116 Å². The lowest BCUT2D eigenvalue weighted by Gasteiger charge is -2.31. The Hall–Kier alpha value is -13.2. The van der Waals surface area contributed by atoms with Gasteiger partial charge in [-0.3, -0.25) is 72.5 Å². The van der Waals surface area contributed by atoms with E-state index < -0.39 is 192 Å². The van der Waals surface area contributed by atoms with Crippen molar-refractivity contribution in [1.82, 2.24) is 84.0 Å². The Kier molecular flexibility index (Phi) is 40.5. The minimum atomic E-state index is -1.94. The van der Waals surface area contributed by atoms with Gasteiger partial charge in [-0.2, -0.15) is 0 Å². The van der Waals surface area contributed by atoms with Crippen molar-refractivity contribution < 1.29 is 97.5 Å². The molecule has 40 heteroatoms. The molecule has 1 saturated heterocycles. The molecular weight excluding hydrogens is 1690 g/mol. The number of guanidine groups is 1. The number of aromatic hydroxyl groups is 2. The molecule has 40 nitrogen and oxygen atoms in total. The number of aromatic amines is 2. The molecule has 1 aliphatic heterocycles. The molecule has 0 aliphatic carbocycles. The number of phenols is 2. The Balaban J connectivity index is 1.10. The molecule has 6 aromatic rings. The normalized spacial score (nSPS) is 15.8. The highest BCUT2D eigenvalue weighted by atomic mass is 16.4. The van der Waals surface area contributed by atoms with Crippen molar-refractivity contribution in [2.75, 3.05) is 19.6 Å². The number of rotatable bonds is 52. The lowest BCUT2D eigenvalue weighted by molar-refractivity contribution is -0.146. The van der Waals surface area contributed by atoms with Gasteiger partial charge in [-0.25, -0.2) is 4.79 Å². The van der Waals surface area contributed by atoms with Crippen molar-refractivity contribution in [3.05, 3.63) is 132 Å². The van der Waals surface area contributed by atoms with Crippen LogP contribution in [0.2, 0.25) is 0 Å². The zero-order valence-electron chi connectivity index (χ0n) is 75.6. The van der Waals surface area contributed by atoms with Gasteiger partial charge in [-0.05, 0) is 167 Å². The van der Waals surface area contributed by atoms with Crippen LogP contribution >= 0.6 is 0 Å². The maximum absolute atomic E-state index is 15.1. The molecule has 0 bridgehead atoms. The Labute approximate surface area is 759 Å². The number of phenolic OH excluding ortho intramolecular Hbond substituents is 2. The first-order chi connectivity index (χ1) is 62.0. The van der Waals surface area contributed by atoms with Gasteiger partial charge in [0.05, 0.1) is 18.6 Å². The summed E-state index contributed by atoms with van der Waals surface area (Å²) in [7, 11) is 0. The number of carbonyl (C=O) groups excluding carboxylic acids is 13. The van der Waals surface area contributed by atoms with Crippen LogP contribution in [-0.2, 0) is 97.6 Å². The molecule has 27 N–H and O–H groups in total. The predicted octanol–water partition coefficient (Wildman–Crippen LogP) is 0.613. The van der Waals surface area contributed by atoms with Crippen molar-refractivity contribution in [1.29, 1.82) is 5.41 Å². The molecule has 2 aromatic heterocycles. The molecule has 0 spiro atoms. The van der Waals surface area contributed by atoms with Crippen LogP contribution in [0.5, 0.6) is 11.5 Å². The minimum Gasteiger partial charge on any atom is -0.508 e. The maximum atomic E-state index is 15.1. The lowest BCUT2D eigenvalue weighted by Crippen LogP contribution is -2.62. The van der Waals surface area contributed by atoms with Gasteiger partial charge in [0.2, 0.25) is 76.8 Å². The molecule has 0 saturated carbocycles. The van der Waals surface area contributed by atoms with E-state index in [0.717, 1.165) is 4.90 Å². The molecule has 0 radical (unpaired) electrons. The number of aliphatic carboxylic acids is 2. The number of benzene rings is 4. The Morgan fingerprint density at radius 1 is 0.450 bits per heavy atom. The number of aliphatic hydroxyl groups excluding tert-OH is 1. The SMILES string of the molecule is CC(C)C[C@H](NC(=O)[C@H](Cc1c[nH]c2ccccc12)NC(=O)[C@H](CC(C)C)NC(=O)[C@H](CCCCN)NC(=O)[C@@H](NC(=O)[C@H](CC(C)C)NC(=O)[C@@H]1CCCN1C(=O)[C@H](CC(=O)O)NC(=O)[C@H](Cc1ccc(O)cc1)NC(=O)[C@H](Cc1c[nH]c2ccccc12)NC(=O)[C@H](Cc1ccc(O)cc1)NC(=O)[C@H](C)N)[C@@H](C)O)C(=O)N[C@@H](CCCNC(=N)N)C(=O)N[C@H](C(=O)O)C(C)C. The molecule has 714 valence electrons.